The Hall–Kier alpha value is -7.50. The number of benzene rings is 10. The second-order valence-electron chi connectivity index (χ2n) is 18.1. The molecule has 1 aliphatic heterocycles. The van der Waals surface area contributed by atoms with Crippen LogP contribution in [0.25, 0.3) is 72.0 Å². The maximum Gasteiger partial charge on any atom is 0.0588 e. The van der Waals surface area contributed by atoms with Crippen LogP contribution in [-0.4, -0.2) is 4.57 Å². The van der Waals surface area contributed by atoms with Gasteiger partial charge < -0.3 is 9.47 Å². The van der Waals surface area contributed by atoms with Crippen molar-refractivity contribution < 1.29 is 0 Å². The summed E-state index contributed by atoms with van der Waals surface area (Å²) in [7, 11) is 0. The summed E-state index contributed by atoms with van der Waals surface area (Å²) >= 11 is 3.85. The van der Waals surface area contributed by atoms with Crippen molar-refractivity contribution >= 4 is 62.4 Å². The largest absolute Gasteiger partial charge is 0.311 e. The van der Waals surface area contributed by atoms with Crippen molar-refractivity contribution in [3.63, 3.8) is 0 Å². The van der Waals surface area contributed by atoms with Crippen molar-refractivity contribution in [1.82, 2.24) is 4.57 Å². The molecule has 4 heteroatoms. The van der Waals surface area contributed by atoms with Crippen LogP contribution in [-0.2, 0) is 5.41 Å². The topological polar surface area (TPSA) is 8.17 Å². The van der Waals surface area contributed by atoms with Gasteiger partial charge >= 0.3 is 0 Å². The molecule has 2 heterocycles. The number of anilines is 3. The van der Waals surface area contributed by atoms with Crippen LogP contribution in [0.2, 0.25) is 0 Å². The van der Waals surface area contributed by atoms with E-state index in [-0.39, 0.29) is 5.41 Å². The maximum absolute atomic E-state index is 2.53. The lowest BCUT2D eigenvalue weighted by Gasteiger charge is -2.28. The summed E-state index contributed by atoms with van der Waals surface area (Å²) in [6.45, 7) is 4.89. The first-order valence-electron chi connectivity index (χ1n) is 23.0. The Bertz CT molecular complexity index is 3580. The Morgan fingerprint density at radius 2 is 0.806 bits per heavy atom. The third kappa shape index (κ3) is 6.58. The summed E-state index contributed by atoms with van der Waals surface area (Å²) in [6, 6.07) is 84.4. The van der Waals surface area contributed by atoms with Crippen molar-refractivity contribution in [2.45, 2.75) is 38.8 Å². The van der Waals surface area contributed by atoms with E-state index < -0.39 is 0 Å². The van der Waals surface area contributed by atoms with Crippen molar-refractivity contribution in [1.29, 1.82) is 0 Å². The molecular weight excluding hydrogens is 849 g/mol. The summed E-state index contributed by atoms with van der Waals surface area (Å²) in [5.74, 6) is 0. The minimum absolute atomic E-state index is 0.217. The Morgan fingerprint density at radius 1 is 0.358 bits per heavy atom. The minimum atomic E-state index is -0.217. The van der Waals surface area contributed by atoms with E-state index in [0.717, 1.165) is 22.7 Å². The quantitative estimate of drug-likeness (QED) is 0.158. The van der Waals surface area contributed by atoms with E-state index in [2.05, 4.69) is 254 Å². The highest BCUT2D eigenvalue weighted by atomic mass is 32.2. The summed E-state index contributed by atoms with van der Waals surface area (Å²) in [4.78, 5) is 7.79. The third-order valence-electron chi connectivity index (χ3n) is 13.8. The lowest BCUT2D eigenvalue weighted by Crippen LogP contribution is -2.18. The average Bonchev–Trinajstić information content (AvgIpc) is 3.85. The first-order valence-corrected chi connectivity index (χ1v) is 24.6. The molecule has 13 rings (SSSR count). The van der Waals surface area contributed by atoms with Crippen LogP contribution < -0.4 is 4.90 Å². The van der Waals surface area contributed by atoms with Crippen molar-refractivity contribution in [3.8, 4) is 50.2 Å². The summed E-state index contributed by atoms with van der Waals surface area (Å²) in [5, 5.41) is 2.58. The second kappa shape index (κ2) is 15.8. The molecule has 10 aromatic carbocycles. The predicted molar refractivity (Wildman–Crippen MR) is 284 cm³/mol. The van der Waals surface area contributed by atoms with Crippen LogP contribution in [0.5, 0.6) is 0 Å². The molecule has 1 aliphatic carbocycles. The van der Waals surface area contributed by atoms with Crippen molar-refractivity contribution in [2.75, 3.05) is 4.90 Å². The zero-order chi connectivity index (χ0) is 44.6. The molecule has 0 bridgehead atoms. The molecule has 0 fully saturated rings. The maximum atomic E-state index is 2.53. The fraction of sp³-hybridized carbons (Fsp3) is 0.0476. The number of para-hydroxylation sites is 1. The van der Waals surface area contributed by atoms with Gasteiger partial charge in [0.2, 0.25) is 0 Å². The number of hydrogen-bond acceptors (Lipinski definition) is 3. The van der Waals surface area contributed by atoms with E-state index in [1.165, 1.54) is 97.0 Å². The zero-order valence-corrected chi connectivity index (χ0v) is 38.8. The Morgan fingerprint density at radius 3 is 1.37 bits per heavy atom. The summed E-state index contributed by atoms with van der Waals surface area (Å²) in [6.07, 6.45) is 0. The van der Waals surface area contributed by atoms with Gasteiger partial charge in [-0.15, -0.1) is 0 Å². The van der Waals surface area contributed by atoms with Crippen molar-refractivity contribution in [2.24, 2.45) is 0 Å². The Kier molecular flexibility index (Phi) is 9.42. The summed E-state index contributed by atoms with van der Waals surface area (Å²) < 4.78 is 2.53. The lowest BCUT2D eigenvalue weighted by molar-refractivity contribution is 0.645. The molecule has 0 N–H and O–H groups in total. The van der Waals surface area contributed by atoms with Gasteiger partial charge in [0.1, 0.15) is 0 Å². The number of rotatable bonds is 7. The van der Waals surface area contributed by atoms with Gasteiger partial charge in [0.15, 0.2) is 0 Å². The van der Waals surface area contributed by atoms with Crippen LogP contribution in [0.4, 0.5) is 17.1 Å². The zero-order valence-electron chi connectivity index (χ0n) is 37.2. The SMILES string of the molecule is CC1(C)c2c(ccc3c2Sc2ccccc2S3)-c2ccc3c4ccccc4n(-c4ccc(-c5ccc(N(c6ccc(-c7ccccc7)cc6)c6ccc(-c7ccccc7)cc6)cc5)cc4)c3c21. The fourth-order valence-electron chi connectivity index (χ4n) is 10.7. The van der Waals surface area contributed by atoms with E-state index in [1.54, 1.807) is 0 Å². The fourth-order valence-corrected chi connectivity index (χ4v) is 13.2. The second-order valence-corrected chi connectivity index (χ2v) is 20.2. The minimum Gasteiger partial charge on any atom is -0.311 e. The van der Waals surface area contributed by atoms with E-state index in [9.17, 15) is 0 Å². The first-order chi connectivity index (χ1) is 33.0. The molecule has 67 heavy (non-hydrogen) atoms. The highest BCUT2D eigenvalue weighted by Gasteiger charge is 2.42. The van der Waals surface area contributed by atoms with E-state index in [0.29, 0.717) is 0 Å². The average molecular weight is 893 g/mol. The Labute approximate surface area is 400 Å². The molecular formula is C63H44N2S2. The molecule has 0 saturated heterocycles. The van der Waals surface area contributed by atoms with Crippen molar-refractivity contribution in [3.05, 3.63) is 242 Å². The van der Waals surface area contributed by atoms with Gasteiger partial charge in [-0.1, -0.05) is 195 Å². The molecule has 0 saturated carbocycles. The van der Waals surface area contributed by atoms with Gasteiger partial charge in [-0.2, -0.15) is 0 Å². The predicted octanol–water partition coefficient (Wildman–Crippen LogP) is 18.2. The molecule has 2 nitrogen and oxygen atoms in total. The van der Waals surface area contributed by atoms with Crippen LogP contribution in [0.1, 0.15) is 25.0 Å². The standard InChI is InChI=1S/C63H44N2S2/c1-63(2)59-52(53-39-40-58-62(60(53)63)67-57-20-12-11-19-56(57)66-58)37-38-54-51-17-9-10-18-55(51)65(61(54)59)50-35-27-46(28-36-50)45-25-33-49(34-26-45)64(47-29-21-43(22-30-47)41-13-5-3-6-14-41)48-31-23-44(24-32-48)42-15-7-4-8-16-42/h3-40H,1-2H3. The van der Waals surface area contributed by atoms with Gasteiger partial charge in [-0.05, 0) is 128 Å². The molecule has 0 unspecified atom stereocenters. The monoisotopic (exact) mass is 892 g/mol. The van der Waals surface area contributed by atoms with Gasteiger partial charge in [-0.25, -0.2) is 0 Å². The first kappa shape index (κ1) is 39.8. The van der Waals surface area contributed by atoms with Gasteiger partial charge in [0, 0.05) is 58.5 Å². The molecule has 0 radical (unpaired) electrons. The summed E-state index contributed by atoms with van der Waals surface area (Å²) in [5.41, 5.74) is 19.5. The van der Waals surface area contributed by atoms with E-state index in [1.807, 2.05) is 23.5 Å². The molecule has 318 valence electrons. The van der Waals surface area contributed by atoms with Gasteiger partial charge in [0.25, 0.3) is 0 Å². The van der Waals surface area contributed by atoms with Crippen LogP contribution in [0.3, 0.4) is 0 Å². The lowest BCUT2D eigenvalue weighted by atomic mass is 9.81. The number of hydrogen-bond donors (Lipinski definition) is 0. The molecule has 0 atom stereocenters. The van der Waals surface area contributed by atoms with E-state index in [4.69, 9.17) is 0 Å². The molecule has 11 aromatic rings. The molecule has 0 spiro atoms. The number of nitrogens with zero attached hydrogens (tertiary/aromatic N) is 2. The van der Waals surface area contributed by atoms with Gasteiger partial charge in [-0.3, -0.25) is 0 Å². The van der Waals surface area contributed by atoms with Crippen LogP contribution >= 0.6 is 23.5 Å². The molecule has 2 aliphatic rings. The van der Waals surface area contributed by atoms with Gasteiger partial charge in [0.05, 0.1) is 11.0 Å². The Balaban J connectivity index is 0.866. The van der Waals surface area contributed by atoms with Crippen LogP contribution in [0, 0.1) is 0 Å². The van der Waals surface area contributed by atoms with E-state index >= 15 is 0 Å². The highest BCUT2D eigenvalue weighted by molar-refractivity contribution is 8.05. The number of aromatic nitrogens is 1. The smallest absolute Gasteiger partial charge is 0.0588 e. The molecule has 0 amide bonds. The molecule has 1 aromatic heterocycles. The normalized spacial score (nSPS) is 13.2. The third-order valence-corrected chi connectivity index (χ3v) is 16.4. The number of fused-ring (bicyclic) bond motifs is 10. The van der Waals surface area contributed by atoms with Crippen LogP contribution in [0.15, 0.2) is 250 Å². The highest BCUT2D eigenvalue weighted by Crippen LogP contribution is 2.60.